The Labute approximate surface area is 164 Å². The molecular formula is C16H27F6N3O4. The molecule has 0 spiro atoms. The van der Waals surface area contributed by atoms with Gasteiger partial charge in [0.25, 0.3) is 0 Å². The molecule has 0 rings (SSSR count). The minimum Gasteiger partial charge on any atom is -0.389 e. The minimum atomic E-state index is -5.72. The Balaban J connectivity index is 5.24. The van der Waals surface area contributed by atoms with E-state index in [1.807, 2.05) is 0 Å². The molecule has 1 unspecified atom stereocenters. The SMILES string of the molecule is CC(=O)N[C@H](C(=O)N[C@@H](CCCN)C(O)COC(C(F)(F)F)C(F)(F)F)C(C)C. The zero-order valence-electron chi connectivity index (χ0n) is 16.2. The van der Waals surface area contributed by atoms with Gasteiger partial charge in [-0.3, -0.25) is 9.59 Å². The lowest BCUT2D eigenvalue weighted by Gasteiger charge is -2.30. The van der Waals surface area contributed by atoms with E-state index in [-0.39, 0.29) is 25.3 Å². The van der Waals surface area contributed by atoms with Crippen molar-refractivity contribution >= 4 is 11.8 Å². The first-order valence-electron chi connectivity index (χ1n) is 8.81. The Bertz CT molecular complexity index is 514. The monoisotopic (exact) mass is 439 g/mol. The molecule has 5 N–H and O–H groups in total. The van der Waals surface area contributed by atoms with Crippen molar-refractivity contribution in [1.82, 2.24) is 10.6 Å². The van der Waals surface area contributed by atoms with Crippen LogP contribution in [0.5, 0.6) is 0 Å². The molecule has 172 valence electrons. The Morgan fingerprint density at radius 1 is 1.07 bits per heavy atom. The lowest BCUT2D eigenvalue weighted by atomic mass is 10.0. The van der Waals surface area contributed by atoms with Crippen LogP contribution in [0.2, 0.25) is 0 Å². The van der Waals surface area contributed by atoms with Gasteiger partial charge in [-0.05, 0) is 25.3 Å². The number of rotatable bonds is 11. The van der Waals surface area contributed by atoms with Crippen molar-refractivity contribution in [3.8, 4) is 0 Å². The van der Waals surface area contributed by atoms with Crippen molar-refractivity contribution in [1.29, 1.82) is 0 Å². The van der Waals surface area contributed by atoms with E-state index in [1.54, 1.807) is 13.8 Å². The van der Waals surface area contributed by atoms with Gasteiger partial charge in [-0.1, -0.05) is 13.8 Å². The standard InChI is InChI=1S/C16H27F6N3O4/c1-8(2)12(24-9(3)26)13(28)25-10(5-4-6-23)11(27)7-29-14(15(17,18)19)16(20,21)22/h8,10-12,14,27H,4-7,23H2,1-3H3,(H,24,26)(H,25,28)/t10-,11?,12-/m0/s1. The number of carbonyl (C=O) groups is 2. The maximum atomic E-state index is 12.5. The third kappa shape index (κ3) is 10.1. The number of amides is 2. The van der Waals surface area contributed by atoms with Crippen molar-refractivity contribution in [2.45, 2.75) is 70.3 Å². The number of carbonyl (C=O) groups excluding carboxylic acids is 2. The molecule has 0 aliphatic carbocycles. The van der Waals surface area contributed by atoms with Crippen molar-refractivity contribution < 1.29 is 45.8 Å². The van der Waals surface area contributed by atoms with Gasteiger partial charge in [0, 0.05) is 6.92 Å². The summed E-state index contributed by atoms with van der Waals surface area (Å²) in [6.45, 7) is 3.18. The number of nitrogens with one attached hydrogen (secondary N) is 2. The Morgan fingerprint density at radius 3 is 1.97 bits per heavy atom. The fraction of sp³-hybridized carbons (Fsp3) is 0.875. The molecule has 0 aliphatic rings. The summed E-state index contributed by atoms with van der Waals surface area (Å²) in [4.78, 5) is 23.6. The Hall–Kier alpha value is -1.60. The van der Waals surface area contributed by atoms with Gasteiger partial charge in [0.1, 0.15) is 6.04 Å². The van der Waals surface area contributed by atoms with Gasteiger partial charge >= 0.3 is 12.4 Å². The number of alkyl halides is 6. The molecule has 0 fully saturated rings. The van der Waals surface area contributed by atoms with Crippen LogP contribution in [0.1, 0.15) is 33.6 Å². The summed E-state index contributed by atoms with van der Waals surface area (Å²) in [7, 11) is 0. The summed E-state index contributed by atoms with van der Waals surface area (Å²) in [6, 6.07) is -2.25. The molecule has 0 aromatic carbocycles. The molecule has 0 aromatic heterocycles. The topological polar surface area (TPSA) is 114 Å². The van der Waals surface area contributed by atoms with E-state index < -0.39 is 55.1 Å². The Morgan fingerprint density at radius 2 is 1.59 bits per heavy atom. The average molecular weight is 439 g/mol. The number of aliphatic hydroxyl groups is 1. The Kier molecular flexibility index (Phi) is 10.9. The third-order valence-corrected chi connectivity index (χ3v) is 3.85. The minimum absolute atomic E-state index is 0.0274. The van der Waals surface area contributed by atoms with Crippen LogP contribution < -0.4 is 16.4 Å². The van der Waals surface area contributed by atoms with E-state index in [0.717, 1.165) is 0 Å². The van der Waals surface area contributed by atoms with Gasteiger partial charge in [0.2, 0.25) is 17.9 Å². The number of halogens is 6. The first-order valence-corrected chi connectivity index (χ1v) is 8.81. The van der Waals surface area contributed by atoms with E-state index >= 15 is 0 Å². The van der Waals surface area contributed by atoms with Gasteiger partial charge < -0.3 is 26.2 Å². The summed E-state index contributed by atoms with van der Waals surface area (Å²) < 4.78 is 79.2. The molecule has 13 heteroatoms. The van der Waals surface area contributed by atoms with Crippen LogP contribution in [0.3, 0.4) is 0 Å². The maximum Gasteiger partial charge on any atom is 0.423 e. The first-order chi connectivity index (χ1) is 13.1. The largest absolute Gasteiger partial charge is 0.423 e. The summed E-state index contributed by atoms with van der Waals surface area (Å²) in [5.74, 6) is -1.64. The maximum absolute atomic E-state index is 12.5. The predicted octanol–water partition coefficient (Wildman–Crippen LogP) is 1.24. The summed E-state index contributed by atoms with van der Waals surface area (Å²) in [5, 5.41) is 14.8. The smallest absolute Gasteiger partial charge is 0.389 e. The number of hydrogen-bond acceptors (Lipinski definition) is 5. The van der Waals surface area contributed by atoms with E-state index in [9.17, 15) is 41.0 Å². The van der Waals surface area contributed by atoms with Gasteiger partial charge in [-0.15, -0.1) is 0 Å². The van der Waals surface area contributed by atoms with Crippen LogP contribution in [0.4, 0.5) is 26.3 Å². The first kappa shape index (κ1) is 27.4. The summed E-state index contributed by atoms with van der Waals surface area (Å²) in [5.41, 5.74) is 5.34. The molecule has 7 nitrogen and oxygen atoms in total. The second kappa shape index (κ2) is 11.6. The molecule has 0 saturated heterocycles. The van der Waals surface area contributed by atoms with Gasteiger partial charge in [0.15, 0.2) is 0 Å². The van der Waals surface area contributed by atoms with Gasteiger partial charge in [0.05, 0.1) is 18.8 Å². The number of hydrogen-bond donors (Lipinski definition) is 4. The highest BCUT2D eigenvalue weighted by Crippen LogP contribution is 2.35. The lowest BCUT2D eigenvalue weighted by Crippen LogP contribution is -2.55. The second-order valence-electron chi connectivity index (χ2n) is 6.83. The van der Waals surface area contributed by atoms with Gasteiger partial charge in [-0.2, -0.15) is 26.3 Å². The van der Waals surface area contributed by atoms with Crippen LogP contribution in [0, 0.1) is 5.92 Å². The highest BCUT2D eigenvalue weighted by atomic mass is 19.4. The molecule has 0 aliphatic heterocycles. The van der Waals surface area contributed by atoms with Crippen molar-refractivity contribution in [2.24, 2.45) is 11.7 Å². The van der Waals surface area contributed by atoms with Crippen LogP contribution in [-0.2, 0) is 14.3 Å². The van der Waals surface area contributed by atoms with Crippen LogP contribution in [-0.4, -0.2) is 66.7 Å². The normalized spacial score (nSPS) is 15.9. The van der Waals surface area contributed by atoms with Crippen LogP contribution in [0.15, 0.2) is 0 Å². The molecule has 2 amide bonds. The molecule has 0 heterocycles. The van der Waals surface area contributed by atoms with E-state index in [4.69, 9.17) is 5.73 Å². The summed E-state index contributed by atoms with van der Waals surface area (Å²) in [6.07, 6.45) is -17.2. The van der Waals surface area contributed by atoms with E-state index in [1.165, 1.54) is 6.92 Å². The molecule has 29 heavy (non-hydrogen) atoms. The molecular weight excluding hydrogens is 412 g/mol. The average Bonchev–Trinajstić information content (AvgIpc) is 2.53. The quantitative estimate of drug-likeness (QED) is 0.362. The number of ether oxygens (including phenoxy) is 1. The molecule has 0 radical (unpaired) electrons. The van der Waals surface area contributed by atoms with Crippen LogP contribution >= 0.6 is 0 Å². The molecule has 0 bridgehead atoms. The number of aliphatic hydroxyl groups excluding tert-OH is 1. The highest BCUT2D eigenvalue weighted by molar-refractivity contribution is 5.87. The fourth-order valence-corrected chi connectivity index (χ4v) is 2.41. The number of nitrogens with two attached hydrogens (primary N) is 1. The zero-order valence-corrected chi connectivity index (χ0v) is 16.2. The van der Waals surface area contributed by atoms with Gasteiger partial charge in [-0.25, -0.2) is 0 Å². The molecule has 0 aromatic rings. The molecule has 3 atom stereocenters. The zero-order chi connectivity index (χ0) is 23.0. The third-order valence-electron chi connectivity index (χ3n) is 3.85. The second-order valence-corrected chi connectivity index (χ2v) is 6.83. The lowest BCUT2D eigenvalue weighted by molar-refractivity contribution is -0.325. The fourth-order valence-electron chi connectivity index (χ4n) is 2.41. The highest BCUT2D eigenvalue weighted by Gasteiger charge is 2.58. The van der Waals surface area contributed by atoms with Crippen LogP contribution in [0.25, 0.3) is 0 Å². The van der Waals surface area contributed by atoms with E-state index in [2.05, 4.69) is 15.4 Å². The van der Waals surface area contributed by atoms with Crippen molar-refractivity contribution in [3.05, 3.63) is 0 Å². The predicted molar refractivity (Wildman–Crippen MR) is 90.5 cm³/mol. The molecule has 0 saturated carbocycles. The van der Waals surface area contributed by atoms with Crippen molar-refractivity contribution in [3.63, 3.8) is 0 Å². The van der Waals surface area contributed by atoms with Crippen molar-refractivity contribution in [2.75, 3.05) is 13.2 Å². The summed E-state index contributed by atoms with van der Waals surface area (Å²) >= 11 is 0. The van der Waals surface area contributed by atoms with E-state index in [0.29, 0.717) is 0 Å².